The van der Waals surface area contributed by atoms with Crippen LogP contribution in [0.15, 0.2) is 18.2 Å². The minimum absolute atomic E-state index is 0.0568. The maximum absolute atomic E-state index is 14.3. The van der Waals surface area contributed by atoms with Crippen LogP contribution < -0.4 is 10.5 Å². The van der Waals surface area contributed by atoms with E-state index in [1.54, 1.807) is 18.2 Å². The molecule has 0 radical (unpaired) electrons. The number of rotatable bonds is 2. The van der Waals surface area contributed by atoms with E-state index in [1.165, 1.54) is 7.11 Å². The molecule has 0 unspecified atom stereocenters. The van der Waals surface area contributed by atoms with Gasteiger partial charge in [0.05, 0.1) is 7.11 Å². The summed E-state index contributed by atoms with van der Waals surface area (Å²) in [6.45, 7) is 0. The van der Waals surface area contributed by atoms with Crippen LogP contribution >= 0.6 is 11.6 Å². The van der Waals surface area contributed by atoms with E-state index in [0.29, 0.717) is 29.2 Å². The summed E-state index contributed by atoms with van der Waals surface area (Å²) in [5.41, 5.74) is 4.75. The second-order valence-corrected chi connectivity index (χ2v) is 4.41. The first kappa shape index (κ1) is 10.7. The van der Waals surface area contributed by atoms with Gasteiger partial charge in [-0.05, 0) is 18.2 Å². The van der Waals surface area contributed by atoms with E-state index < -0.39 is 5.67 Å². The molecule has 15 heavy (non-hydrogen) atoms. The molecule has 1 saturated carbocycles. The van der Waals surface area contributed by atoms with Gasteiger partial charge in [0.25, 0.3) is 0 Å². The van der Waals surface area contributed by atoms with Gasteiger partial charge in [0, 0.05) is 29.5 Å². The third-order valence-corrected chi connectivity index (χ3v) is 3.05. The predicted molar refractivity (Wildman–Crippen MR) is 58.0 cm³/mol. The maximum Gasteiger partial charge on any atom is 0.142 e. The van der Waals surface area contributed by atoms with Crippen LogP contribution in [0.5, 0.6) is 5.75 Å². The van der Waals surface area contributed by atoms with Gasteiger partial charge in [0.1, 0.15) is 11.4 Å². The lowest BCUT2D eigenvalue weighted by Gasteiger charge is -2.40. The minimum Gasteiger partial charge on any atom is -0.496 e. The molecule has 1 fully saturated rings. The quantitative estimate of drug-likeness (QED) is 0.846. The average Bonchev–Trinajstić information content (AvgIpc) is 2.15. The number of hydrogen-bond acceptors (Lipinski definition) is 2. The molecule has 0 atom stereocenters. The van der Waals surface area contributed by atoms with Gasteiger partial charge in [0.15, 0.2) is 0 Å². The van der Waals surface area contributed by atoms with Crippen molar-refractivity contribution in [3.63, 3.8) is 0 Å². The molecule has 0 heterocycles. The Kier molecular flexibility index (Phi) is 2.61. The number of benzene rings is 1. The van der Waals surface area contributed by atoms with E-state index in [2.05, 4.69) is 0 Å². The van der Waals surface area contributed by atoms with Gasteiger partial charge in [-0.25, -0.2) is 4.39 Å². The van der Waals surface area contributed by atoms with E-state index in [1.807, 2.05) is 0 Å². The van der Waals surface area contributed by atoms with Gasteiger partial charge in [-0.2, -0.15) is 0 Å². The molecule has 2 N–H and O–H groups in total. The Morgan fingerprint density at radius 1 is 1.53 bits per heavy atom. The summed E-state index contributed by atoms with van der Waals surface area (Å²) >= 11 is 5.84. The van der Waals surface area contributed by atoms with Crippen LogP contribution in [0.2, 0.25) is 5.02 Å². The first-order chi connectivity index (χ1) is 7.05. The summed E-state index contributed by atoms with van der Waals surface area (Å²) < 4.78 is 19.4. The molecule has 0 amide bonds. The highest BCUT2D eigenvalue weighted by Gasteiger charge is 2.46. The van der Waals surface area contributed by atoms with Crippen LogP contribution in [0.25, 0.3) is 0 Å². The topological polar surface area (TPSA) is 35.2 Å². The number of nitrogens with two attached hydrogens (primary N) is 1. The van der Waals surface area contributed by atoms with Crippen molar-refractivity contribution in [3.8, 4) is 5.75 Å². The van der Waals surface area contributed by atoms with Crippen molar-refractivity contribution in [3.05, 3.63) is 28.8 Å². The summed E-state index contributed by atoms with van der Waals surface area (Å²) in [5.74, 6) is 0.536. The molecule has 1 aromatic carbocycles. The molecule has 0 bridgehead atoms. The monoisotopic (exact) mass is 229 g/mol. The predicted octanol–water partition coefficient (Wildman–Crippen LogP) is 2.63. The molecule has 82 valence electrons. The first-order valence-electron chi connectivity index (χ1n) is 4.84. The number of halogens is 2. The third kappa shape index (κ3) is 1.82. The lowest BCUT2D eigenvalue weighted by molar-refractivity contribution is 0.0381. The lowest BCUT2D eigenvalue weighted by Crippen LogP contribution is -2.46. The third-order valence-electron chi connectivity index (χ3n) is 2.82. The minimum atomic E-state index is -1.37. The smallest absolute Gasteiger partial charge is 0.142 e. The SMILES string of the molecule is COc1ccc(Cl)cc1C1(F)CC(N)C1. The Labute approximate surface area is 93.2 Å². The van der Waals surface area contributed by atoms with Gasteiger partial charge >= 0.3 is 0 Å². The molecule has 0 aliphatic heterocycles. The number of alkyl halides is 1. The molecular formula is C11H13ClFNO. The van der Waals surface area contributed by atoms with Gasteiger partial charge in [-0.1, -0.05) is 11.6 Å². The van der Waals surface area contributed by atoms with Crippen molar-refractivity contribution in [1.82, 2.24) is 0 Å². The molecule has 2 rings (SSSR count). The van der Waals surface area contributed by atoms with E-state index in [4.69, 9.17) is 22.1 Å². The summed E-state index contributed by atoms with van der Waals surface area (Å²) in [6, 6.07) is 4.93. The zero-order valence-electron chi connectivity index (χ0n) is 8.47. The fourth-order valence-electron chi connectivity index (χ4n) is 2.02. The largest absolute Gasteiger partial charge is 0.496 e. The van der Waals surface area contributed by atoms with E-state index in [0.717, 1.165) is 0 Å². The standard InChI is InChI=1S/C11H13ClFNO/c1-15-10-3-2-7(12)4-9(10)11(13)5-8(14)6-11/h2-4,8H,5-6,14H2,1H3. The van der Waals surface area contributed by atoms with Gasteiger partial charge < -0.3 is 10.5 Å². The lowest BCUT2D eigenvalue weighted by atomic mass is 9.73. The molecule has 1 aromatic rings. The fraction of sp³-hybridized carbons (Fsp3) is 0.455. The molecule has 0 spiro atoms. The Balaban J connectivity index is 2.38. The summed E-state index contributed by atoms with van der Waals surface area (Å²) in [6.07, 6.45) is 0.674. The first-order valence-corrected chi connectivity index (χ1v) is 5.21. The van der Waals surface area contributed by atoms with Crippen molar-refractivity contribution in [2.75, 3.05) is 7.11 Å². The number of hydrogen-bond donors (Lipinski definition) is 1. The molecule has 4 heteroatoms. The van der Waals surface area contributed by atoms with Gasteiger partial charge in [-0.15, -0.1) is 0 Å². The Morgan fingerprint density at radius 2 is 2.20 bits per heavy atom. The zero-order valence-corrected chi connectivity index (χ0v) is 9.22. The van der Waals surface area contributed by atoms with Crippen LogP contribution in [0.1, 0.15) is 18.4 Å². The summed E-state index contributed by atoms with van der Waals surface area (Å²) in [4.78, 5) is 0. The van der Waals surface area contributed by atoms with Crippen LogP contribution in [0, 0.1) is 0 Å². The highest BCUT2D eigenvalue weighted by atomic mass is 35.5. The van der Waals surface area contributed by atoms with E-state index in [-0.39, 0.29) is 6.04 Å². The molecule has 2 nitrogen and oxygen atoms in total. The number of methoxy groups -OCH3 is 1. The Hall–Kier alpha value is -0.800. The van der Waals surface area contributed by atoms with Crippen molar-refractivity contribution in [2.45, 2.75) is 24.6 Å². The zero-order chi connectivity index (χ0) is 11.1. The second-order valence-electron chi connectivity index (χ2n) is 3.98. The fourth-order valence-corrected chi connectivity index (χ4v) is 2.19. The summed E-state index contributed by atoms with van der Waals surface area (Å²) in [5, 5.41) is 0.517. The molecule has 0 aromatic heterocycles. The van der Waals surface area contributed by atoms with Crippen LogP contribution in [0.3, 0.4) is 0 Å². The van der Waals surface area contributed by atoms with Crippen molar-refractivity contribution < 1.29 is 9.13 Å². The van der Waals surface area contributed by atoms with E-state index >= 15 is 0 Å². The number of ether oxygens (including phenoxy) is 1. The summed E-state index contributed by atoms with van der Waals surface area (Å²) in [7, 11) is 1.52. The molecular weight excluding hydrogens is 217 g/mol. The maximum atomic E-state index is 14.3. The highest BCUT2D eigenvalue weighted by molar-refractivity contribution is 6.30. The van der Waals surface area contributed by atoms with E-state index in [9.17, 15) is 4.39 Å². The average molecular weight is 230 g/mol. The van der Waals surface area contributed by atoms with Gasteiger partial charge in [0.2, 0.25) is 0 Å². The van der Waals surface area contributed by atoms with Crippen LogP contribution in [-0.2, 0) is 5.67 Å². The van der Waals surface area contributed by atoms with Gasteiger partial charge in [-0.3, -0.25) is 0 Å². The molecule has 0 saturated heterocycles. The Bertz CT molecular complexity index is 377. The van der Waals surface area contributed by atoms with Crippen molar-refractivity contribution in [2.24, 2.45) is 5.73 Å². The Morgan fingerprint density at radius 3 is 2.73 bits per heavy atom. The van der Waals surface area contributed by atoms with Crippen molar-refractivity contribution in [1.29, 1.82) is 0 Å². The van der Waals surface area contributed by atoms with Crippen LogP contribution in [0.4, 0.5) is 4.39 Å². The second kappa shape index (κ2) is 3.65. The normalized spacial score (nSPS) is 29.7. The highest BCUT2D eigenvalue weighted by Crippen LogP contribution is 2.48. The molecule has 1 aliphatic rings. The van der Waals surface area contributed by atoms with Crippen molar-refractivity contribution >= 4 is 11.6 Å². The van der Waals surface area contributed by atoms with Crippen LogP contribution in [-0.4, -0.2) is 13.2 Å². The molecule has 1 aliphatic carbocycles.